The van der Waals surface area contributed by atoms with Crippen molar-refractivity contribution < 1.29 is 9.59 Å². The largest absolute Gasteiger partial charge is 0.396 e. The molecule has 0 aliphatic heterocycles. The molecule has 1 aromatic heterocycles. The molecule has 2 N–H and O–H groups in total. The summed E-state index contributed by atoms with van der Waals surface area (Å²) >= 11 is 2.41. The van der Waals surface area contributed by atoms with Crippen LogP contribution in [0.2, 0.25) is 0 Å². The van der Waals surface area contributed by atoms with Gasteiger partial charge in [-0.2, -0.15) is 5.26 Å². The van der Waals surface area contributed by atoms with Gasteiger partial charge in [0, 0.05) is 11.1 Å². The summed E-state index contributed by atoms with van der Waals surface area (Å²) in [6.07, 6.45) is 0. The predicted octanol–water partition coefficient (Wildman–Crippen LogP) is 4.72. The molecule has 6 heteroatoms. The number of rotatable bonds is 6. The predicted molar refractivity (Wildman–Crippen MR) is 110 cm³/mol. The zero-order chi connectivity index (χ0) is 19.4. The van der Waals surface area contributed by atoms with E-state index < -0.39 is 0 Å². The smallest absolute Gasteiger partial charge is 0.205 e. The molecule has 1 heterocycles. The summed E-state index contributed by atoms with van der Waals surface area (Å²) in [5.74, 6) is -0.0745. The van der Waals surface area contributed by atoms with E-state index in [9.17, 15) is 14.9 Å². The molecular weight excluding hydrogens is 376 g/mol. The molecule has 0 bridgehead atoms. The van der Waals surface area contributed by atoms with Crippen molar-refractivity contribution >= 4 is 40.4 Å². The van der Waals surface area contributed by atoms with Crippen molar-refractivity contribution in [3.63, 3.8) is 0 Å². The first-order chi connectivity index (χ1) is 13.0. The fourth-order valence-electron chi connectivity index (χ4n) is 2.47. The standard InChI is InChI=1S/C21H16N2O2S2/c1-13-7-9-14(10-8-13)17(24)12-26-21-16(11-22)18(23)20(27-21)19(25)15-5-3-2-4-6-15/h2-10H,12,23H2,1H3. The Morgan fingerprint density at radius 2 is 1.74 bits per heavy atom. The quantitative estimate of drug-likeness (QED) is 0.485. The number of nitrogens with two attached hydrogens (primary N) is 1. The summed E-state index contributed by atoms with van der Waals surface area (Å²) in [6.45, 7) is 1.96. The van der Waals surface area contributed by atoms with Crippen LogP contribution in [0, 0.1) is 18.3 Å². The van der Waals surface area contributed by atoms with Crippen LogP contribution in [0.3, 0.4) is 0 Å². The van der Waals surface area contributed by atoms with E-state index >= 15 is 0 Å². The summed E-state index contributed by atoms with van der Waals surface area (Å²) in [5, 5.41) is 9.44. The highest BCUT2D eigenvalue weighted by Gasteiger charge is 2.23. The Morgan fingerprint density at radius 3 is 2.37 bits per heavy atom. The van der Waals surface area contributed by atoms with E-state index in [2.05, 4.69) is 6.07 Å². The first-order valence-electron chi connectivity index (χ1n) is 8.16. The summed E-state index contributed by atoms with van der Waals surface area (Å²) < 4.78 is 0.592. The number of anilines is 1. The van der Waals surface area contributed by atoms with Gasteiger partial charge in [-0.15, -0.1) is 23.1 Å². The number of benzene rings is 2. The molecule has 3 rings (SSSR count). The maximum absolute atomic E-state index is 12.7. The molecule has 0 fully saturated rings. The summed E-state index contributed by atoms with van der Waals surface area (Å²) in [5.41, 5.74) is 8.72. The molecule has 4 nitrogen and oxygen atoms in total. The fourth-order valence-corrected chi connectivity index (χ4v) is 4.73. The number of aryl methyl sites for hydroxylation is 1. The number of nitriles is 1. The number of thioether (sulfide) groups is 1. The first kappa shape index (κ1) is 18.9. The van der Waals surface area contributed by atoms with Crippen molar-refractivity contribution in [1.82, 2.24) is 0 Å². The lowest BCUT2D eigenvalue weighted by atomic mass is 10.1. The number of Topliss-reactive ketones (excluding diaryl/α,β-unsaturated/α-hetero) is 1. The van der Waals surface area contributed by atoms with Crippen LogP contribution in [0.25, 0.3) is 0 Å². The van der Waals surface area contributed by atoms with Crippen LogP contribution < -0.4 is 5.73 Å². The van der Waals surface area contributed by atoms with Crippen molar-refractivity contribution in [3.05, 3.63) is 81.7 Å². The number of thiophene rings is 1. The molecule has 0 saturated carbocycles. The maximum atomic E-state index is 12.7. The van der Waals surface area contributed by atoms with Crippen LogP contribution >= 0.6 is 23.1 Å². The molecule has 0 aliphatic carbocycles. The average molecular weight is 393 g/mol. The fraction of sp³-hybridized carbons (Fsp3) is 0.0952. The van der Waals surface area contributed by atoms with Crippen LogP contribution in [0.4, 0.5) is 5.69 Å². The van der Waals surface area contributed by atoms with Crippen molar-refractivity contribution in [2.75, 3.05) is 11.5 Å². The maximum Gasteiger partial charge on any atom is 0.205 e. The lowest BCUT2D eigenvalue weighted by molar-refractivity contribution is 0.102. The number of nitrogens with zero attached hydrogens (tertiary/aromatic N) is 1. The van der Waals surface area contributed by atoms with E-state index in [1.807, 2.05) is 25.1 Å². The molecule has 0 saturated heterocycles. The van der Waals surface area contributed by atoms with Gasteiger partial charge >= 0.3 is 0 Å². The number of nitrogen functional groups attached to an aromatic ring is 1. The Morgan fingerprint density at radius 1 is 1.07 bits per heavy atom. The van der Waals surface area contributed by atoms with E-state index in [4.69, 9.17) is 5.73 Å². The lowest BCUT2D eigenvalue weighted by Crippen LogP contribution is -2.02. The molecule has 0 unspecified atom stereocenters. The lowest BCUT2D eigenvalue weighted by Gasteiger charge is -2.01. The highest BCUT2D eigenvalue weighted by Crippen LogP contribution is 2.39. The second-order valence-electron chi connectivity index (χ2n) is 5.89. The Bertz CT molecular complexity index is 1030. The van der Waals surface area contributed by atoms with Gasteiger partial charge in [-0.3, -0.25) is 9.59 Å². The Kier molecular flexibility index (Phi) is 5.75. The van der Waals surface area contributed by atoms with Gasteiger partial charge in [0.25, 0.3) is 0 Å². The van der Waals surface area contributed by atoms with E-state index in [0.717, 1.165) is 5.56 Å². The molecule has 27 heavy (non-hydrogen) atoms. The number of carbonyl (C=O) groups is 2. The van der Waals surface area contributed by atoms with Crippen LogP contribution in [0.5, 0.6) is 0 Å². The monoisotopic (exact) mass is 392 g/mol. The number of hydrogen-bond acceptors (Lipinski definition) is 6. The van der Waals surface area contributed by atoms with Crippen LogP contribution in [0.1, 0.15) is 36.7 Å². The number of carbonyl (C=O) groups excluding carboxylic acids is 2. The van der Waals surface area contributed by atoms with E-state index in [1.165, 1.54) is 23.1 Å². The molecule has 3 aromatic rings. The van der Waals surface area contributed by atoms with Crippen LogP contribution in [0.15, 0.2) is 58.8 Å². The third kappa shape index (κ3) is 4.11. The summed E-state index contributed by atoms with van der Waals surface area (Å²) in [7, 11) is 0. The van der Waals surface area contributed by atoms with Gasteiger partial charge in [-0.1, -0.05) is 60.2 Å². The van der Waals surface area contributed by atoms with Gasteiger partial charge in [0.1, 0.15) is 16.5 Å². The Hall–Kier alpha value is -2.88. The van der Waals surface area contributed by atoms with Crippen LogP contribution in [-0.2, 0) is 0 Å². The van der Waals surface area contributed by atoms with Gasteiger partial charge in [-0.05, 0) is 6.92 Å². The van der Waals surface area contributed by atoms with Crippen molar-refractivity contribution in [2.24, 2.45) is 0 Å². The van der Waals surface area contributed by atoms with E-state index in [-0.39, 0.29) is 28.6 Å². The highest BCUT2D eigenvalue weighted by atomic mass is 32.2. The zero-order valence-corrected chi connectivity index (χ0v) is 16.2. The SMILES string of the molecule is Cc1ccc(C(=O)CSc2sc(C(=O)c3ccccc3)c(N)c2C#N)cc1. The molecule has 134 valence electrons. The normalized spacial score (nSPS) is 10.4. The minimum absolute atomic E-state index is 0.0354. The average Bonchev–Trinajstić information content (AvgIpc) is 3.02. The highest BCUT2D eigenvalue weighted by molar-refractivity contribution is 8.01. The van der Waals surface area contributed by atoms with E-state index in [1.54, 1.807) is 36.4 Å². The minimum atomic E-state index is -0.216. The Balaban J connectivity index is 1.82. The first-order valence-corrected chi connectivity index (χ1v) is 9.96. The zero-order valence-electron chi connectivity index (χ0n) is 14.6. The molecular formula is C21H16N2O2S2. The molecule has 0 aliphatic rings. The minimum Gasteiger partial charge on any atom is -0.396 e. The van der Waals surface area contributed by atoms with Gasteiger partial charge in [-0.25, -0.2) is 0 Å². The molecule has 0 atom stereocenters. The topological polar surface area (TPSA) is 83.9 Å². The third-order valence-corrected chi connectivity index (χ3v) is 6.45. The molecule has 0 amide bonds. The Labute approximate surface area is 165 Å². The molecule has 0 radical (unpaired) electrons. The van der Waals surface area contributed by atoms with Gasteiger partial charge in [0.05, 0.1) is 15.6 Å². The number of ketones is 2. The van der Waals surface area contributed by atoms with Gasteiger partial charge in [0.15, 0.2) is 5.78 Å². The van der Waals surface area contributed by atoms with E-state index in [0.29, 0.717) is 20.2 Å². The molecule has 2 aromatic carbocycles. The third-order valence-electron chi connectivity index (χ3n) is 3.97. The van der Waals surface area contributed by atoms with Gasteiger partial charge < -0.3 is 5.73 Å². The second kappa shape index (κ2) is 8.21. The van der Waals surface area contributed by atoms with Crippen LogP contribution in [-0.4, -0.2) is 17.3 Å². The summed E-state index contributed by atoms with van der Waals surface area (Å²) in [4.78, 5) is 25.4. The van der Waals surface area contributed by atoms with Crippen molar-refractivity contribution in [1.29, 1.82) is 5.26 Å². The van der Waals surface area contributed by atoms with Crippen molar-refractivity contribution in [3.8, 4) is 6.07 Å². The summed E-state index contributed by atoms with van der Waals surface area (Å²) in [6, 6.07) is 18.2. The van der Waals surface area contributed by atoms with Gasteiger partial charge in [0.2, 0.25) is 5.78 Å². The number of hydrogen-bond donors (Lipinski definition) is 1. The molecule has 0 spiro atoms. The second-order valence-corrected chi connectivity index (χ2v) is 8.16. The van der Waals surface area contributed by atoms with Crippen molar-refractivity contribution in [2.45, 2.75) is 11.1 Å².